The predicted octanol–water partition coefficient (Wildman–Crippen LogP) is 2.17. The Kier molecular flexibility index (Phi) is 4.20. The fraction of sp³-hybridized carbons (Fsp3) is 0.600. The number of hydrogen-bond acceptors (Lipinski definition) is 2. The summed E-state index contributed by atoms with van der Waals surface area (Å²) in [6.07, 6.45) is 0.164. The molecule has 1 unspecified atom stereocenters. The highest BCUT2D eigenvalue weighted by Gasteiger charge is 2.37. The number of allylic oxidation sites excluding steroid dienone is 3. The third kappa shape index (κ3) is 3.95. The summed E-state index contributed by atoms with van der Waals surface area (Å²) in [4.78, 5) is 0. The standard InChI is InChI=1S/C10H15F3N2/c1-2-14-7-15-9-5-3-8(4-6-9)10(11,12)13/h3,5-6,8,14-15H,2,4,7H2,1H3. The molecule has 0 saturated carbocycles. The van der Waals surface area contributed by atoms with Crippen LogP contribution in [0.3, 0.4) is 0 Å². The molecule has 2 N–H and O–H groups in total. The van der Waals surface area contributed by atoms with Crippen molar-refractivity contribution >= 4 is 0 Å². The van der Waals surface area contributed by atoms with Crippen molar-refractivity contribution in [2.45, 2.75) is 19.5 Å². The molecule has 2 nitrogen and oxygen atoms in total. The Balaban J connectivity index is 2.37. The van der Waals surface area contributed by atoms with E-state index in [0.29, 0.717) is 6.67 Å². The Bertz CT molecular complexity index is 256. The van der Waals surface area contributed by atoms with Gasteiger partial charge in [0.2, 0.25) is 0 Å². The largest absolute Gasteiger partial charge is 0.395 e. The number of alkyl halides is 3. The molecule has 0 aromatic carbocycles. The molecule has 86 valence electrons. The summed E-state index contributed by atoms with van der Waals surface area (Å²) in [5.74, 6) is -1.33. The lowest BCUT2D eigenvalue weighted by Gasteiger charge is -2.19. The van der Waals surface area contributed by atoms with Gasteiger partial charge in [0.05, 0.1) is 12.6 Å². The molecular formula is C10H15F3N2. The fourth-order valence-corrected chi connectivity index (χ4v) is 1.28. The van der Waals surface area contributed by atoms with Gasteiger partial charge in [-0.15, -0.1) is 0 Å². The van der Waals surface area contributed by atoms with Crippen molar-refractivity contribution in [2.24, 2.45) is 5.92 Å². The van der Waals surface area contributed by atoms with Crippen LogP contribution in [-0.2, 0) is 0 Å². The molecule has 0 heterocycles. The van der Waals surface area contributed by atoms with Gasteiger partial charge in [0.1, 0.15) is 0 Å². The highest BCUT2D eigenvalue weighted by Crippen LogP contribution is 2.32. The second-order valence-electron chi connectivity index (χ2n) is 3.36. The Labute approximate surface area is 87.2 Å². The second kappa shape index (κ2) is 5.21. The van der Waals surface area contributed by atoms with E-state index in [1.54, 1.807) is 6.08 Å². The van der Waals surface area contributed by atoms with Gasteiger partial charge in [-0.05, 0) is 19.0 Å². The van der Waals surface area contributed by atoms with Crippen LogP contribution in [0.15, 0.2) is 23.9 Å². The molecule has 0 saturated heterocycles. The van der Waals surface area contributed by atoms with Crippen LogP contribution in [-0.4, -0.2) is 19.4 Å². The second-order valence-corrected chi connectivity index (χ2v) is 3.36. The molecule has 0 fully saturated rings. The highest BCUT2D eigenvalue weighted by atomic mass is 19.4. The third-order valence-corrected chi connectivity index (χ3v) is 2.19. The van der Waals surface area contributed by atoms with Crippen molar-refractivity contribution in [1.29, 1.82) is 0 Å². The van der Waals surface area contributed by atoms with Crippen LogP contribution >= 0.6 is 0 Å². The smallest absolute Gasteiger partial charge is 0.373 e. The Morgan fingerprint density at radius 2 is 2.20 bits per heavy atom. The Hall–Kier alpha value is -0.970. The summed E-state index contributed by atoms with van der Waals surface area (Å²) in [7, 11) is 0. The van der Waals surface area contributed by atoms with Crippen molar-refractivity contribution < 1.29 is 13.2 Å². The van der Waals surface area contributed by atoms with Crippen LogP contribution in [0.2, 0.25) is 0 Å². The molecule has 1 atom stereocenters. The van der Waals surface area contributed by atoms with E-state index in [2.05, 4.69) is 10.6 Å². The molecule has 0 spiro atoms. The van der Waals surface area contributed by atoms with Crippen LogP contribution in [0.25, 0.3) is 0 Å². The molecule has 0 bridgehead atoms. The van der Waals surface area contributed by atoms with Gasteiger partial charge < -0.3 is 10.6 Å². The van der Waals surface area contributed by atoms with E-state index < -0.39 is 12.1 Å². The normalized spacial score (nSPS) is 21.3. The summed E-state index contributed by atoms with van der Waals surface area (Å²) < 4.78 is 36.8. The summed E-state index contributed by atoms with van der Waals surface area (Å²) in [5.41, 5.74) is 0.747. The Morgan fingerprint density at radius 1 is 1.47 bits per heavy atom. The van der Waals surface area contributed by atoms with Crippen LogP contribution in [0.5, 0.6) is 0 Å². The van der Waals surface area contributed by atoms with Gasteiger partial charge in [-0.1, -0.05) is 19.1 Å². The van der Waals surface area contributed by atoms with Crippen molar-refractivity contribution in [1.82, 2.24) is 10.6 Å². The number of halogens is 3. The first-order chi connectivity index (χ1) is 7.04. The SMILES string of the molecule is CCNCNC1=CCC(C(F)(F)F)C=C1. The van der Waals surface area contributed by atoms with Crippen LogP contribution in [0, 0.1) is 5.92 Å². The van der Waals surface area contributed by atoms with Crippen LogP contribution in [0.4, 0.5) is 13.2 Å². The Morgan fingerprint density at radius 3 is 2.67 bits per heavy atom. The van der Waals surface area contributed by atoms with Crippen LogP contribution in [0.1, 0.15) is 13.3 Å². The van der Waals surface area contributed by atoms with Crippen LogP contribution < -0.4 is 10.6 Å². The van der Waals surface area contributed by atoms with Gasteiger partial charge in [0.25, 0.3) is 0 Å². The summed E-state index contributed by atoms with van der Waals surface area (Å²) >= 11 is 0. The molecule has 15 heavy (non-hydrogen) atoms. The van der Waals surface area contributed by atoms with Gasteiger partial charge in [-0.2, -0.15) is 13.2 Å². The lowest BCUT2D eigenvalue weighted by atomic mass is 9.99. The van der Waals surface area contributed by atoms with E-state index in [4.69, 9.17) is 0 Å². The highest BCUT2D eigenvalue weighted by molar-refractivity contribution is 5.22. The van der Waals surface area contributed by atoms with E-state index in [9.17, 15) is 13.2 Å². The summed E-state index contributed by atoms with van der Waals surface area (Å²) in [5, 5.41) is 6.02. The zero-order valence-corrected chi connectivity index (χ0v) is 8.56. The van der Waals surface area contributed by atoms with Gasteiger partial charge in [0, 0.05) is 5.70 Å². The average molecular weight is 220 g/mol. The lowest BCUT2D eigenvalue weighted by molar-refractivity contribution is -0.160. The molecule has 1 rings (SSSR count). The van der Waals surface area contributed by atoms with E-state index in [1.807, 2.05) is 6.92 Å². The molecule has 1 aliphatic carbocycles. The first-order valence-electron chi connectivity index (χ1n) is 4.93. The monoisotopic (exact) mass is 220 g/mol. The predicted molar refractivity (Wildman–Crippen MR) is 53.1 cm³/mol. The number of hydrogen-bond donors (Lipinski definition) is 2. The van der Waals surface area contributed by atoms with Crippen molar-refractivity contribution in [3.63, 3.8) is 0 Å². The maximum absolute atomic E-state index is 12.3. The summed E-state index contributed by atoms with van der Waals surface area (Å²) in [6, 6.07) is 0. The van der Waals surface area contributed by atoms with Crippen molar-refractivity contribution in [3.05, 3.63) is 23.9 Å². The van der Waals surface area contributed by atoms with E-state index in [1.165, 1.54) is 12.2 Å². The first kappa shape index (κ1) is 12.1. The minimum absolute atomic E-state index is 0.0223. The maximum atomic E-state index is 12.3. The maximum Gasteiger partial charge on any atom is 0.395 e. The van der Waals surface area contributed by atoms with Gasteiger partial charge in [-0.25, -0.2) is 0 Å². The quantitative estimate of drug-likeness (QED) is 0.560. The first-order valence-corrected chi connectivity index (χ1v) is 4.93. The molecule has 0 radical (unpaired) electrons. The topological polar surface area (TPSA) is 24.1 Å². The molecular weight excluding hydrogens is 205 g/mol. The fourth-order valence-electron chi connectivity index (χ4n) is 1.28. The zero-order chi connectivity index (χ0) is 11.3. The molecule has 0 amide bonds. The minimum atomic E-state index is -4.12. The third-order valence-electron chi connectivity index (χ3n) is 2.19. The van der Waals surface area contributed by atoms with Gasteiger partial charge in [0.15, 0.2) is 0 Å². The van der Waals surface area contributed by atoms with Gasteiger partial charge >= 0.3 is 6.18 Å². The van der Waals surface area contributed by atoms with Crippen molar-refractivity contribution in [3.8, 4) is 0 Å². The molecule has 1 aliphatic rings. The molecule has 0 aromatic rings. The van der Waals surface area contributed by atoms with Gasteiger partial charge in [-0.3, -0.25) is 0 Å². The van der Waals surface area contributed by atoms with E-state index in [0.717, 1.165) is 12.2 Å². The number of rotatable bonds is 4. The average Bonchev–Trinajstić information content (AvgIpc) is 2.18. The summed E-state index contributed by atoms with van der Waals surface area (Å²) in [6.45, 7) is 3.37. The molecule has 5 heteroatoms. The zero-order valence-electron chi connectivity index (χ0n) is 8.56. The molecule has 0 aliphatic heterocycles. The van der Waals surface area contributed by atoms with Crippen molar-refractivity contribution in [2.75, 3.05) is 13.2 Å². The lowest BCUT2D eigenvalue weighted by Crippen LogP contribution is -2.29. The number of nitrogens with one attached hydrogen (secondary N) is 2. The molecule has 0 aromatic heterocycles. The van der Waals surface area contributed by atoms with E-state index >= 15 is 0 Å². The van der Waals surface area contributed by atoms with E-state index in [-0.39, 0.29) is 6.42 Å². The minimum Gasteiger partial charge on any atom is -0.373 e.